The van der Waals surface area contributed by atoms with E-state index in [9.17, 15) is 18.8 Å². The molecule has 7 heteroatoms. The van der Waals surface area contributed by atoms with Crippen LogP contribution in [-0.4, -0.2) is 53.8 Å². The van der Waals surface area contributed by atoms with Crippen molar-refractivity contribution in [2.45, 2.75) is 18.9 Å². The normalized spacial score (nSPS) is 31.5. The lowest BCUT2D eigenvalue weighted by atomic mass is 9.85. The summed E-state index contributed by atoms with van der Waals surface area (Å²) in [6.07, 6.45) is 4.88. The summed E-state index contributed by atoms with van der Waals surface area (Å²) in [5.41, 5.74) is 0.480. The highest BCUT2D eigenvalue weighted by molar-refractivity contribution is 6.07. The first-order valence-electron chi connectivity index (χ1n) is 10.2. The molecule has 29 heavy (non-hydrogen) atoms. The third kappa shape index (κ3) is 2.99. The number of halogens is 1. The average Bonchev–Trinajstić information content (AvgIpc) is 3.41. The number of amides is 3. The molecule has 1 saturated carbocycles. The molecule has 0 radical (unpaired) electrons. The van der Waals surface area contributed by atoms with E-state index in [0.717, 1.165) is 6.42 Å². The number of hydrogen-bond donors (Lipinski definition) is 0. The first-order valence-corrected chi connectivity index (χ1v) is 10.2. The fraction of sp³-hybridized carbons (Fsp3) is 0.500. The fourth-order valence-corrected chi connectivity index (χ4v) is 5.41. The van der Waals surface area contributed by atoms with E-state index >= 15 is 0 Å². The Labute approximate surface area is 168 Å². The van der Waals surface area contributed by atoms with Crippen LogP contribution in [-0.2, 0) is 19.1 Å². The van der Waals surface area contributed by atoms with E-state index in [1.54, 1.807) is 17.0 Å². The van der Waals surface area contributed by atoms with Crippen molar-refractivity contribution >= 4 is 17.7 Å². The monoisotopic (exact) mass is 398 g/mol. The van der Waals surface area contributed by atoms with Crippen molar-refractivity contribution in [2.24, 2.45) is 23.7 Å². The molecule has 1 aromatic rings. The zero-order chi connectivity index (χ0) is 20.1. The largest absolute Gasteiger partial charge is 0.378 e. The van der Waals surface area contributed by atoms with Gasteiger partial charge in [-0.05, 0) is 36.0 Å². The fourth-order valence-electron chi connectivity index (χ4n) is 5.41. The average molecular weight is 398 g/mol. The van der Waals surface area contributed by atoms with Gasteiger partial charge in [-0.2, -0.15) is 0 Å². The lowest BCUT2D eigenvalue weighted by Crippen LogP contribution is -2.44. The maximum atomic E-state index is 14.0. The van der Waals surface area contributed by atoms with E-state index in [0.29, 0.717) is 31.9 Å². The van der Waals surface area contributed by atoms with Crippen LogP contribution in [0.25, 0.3) is 0 Å². The molecule has 5 unspecified atom stereocenters. The molecular weight excluding hydrogens is 375 g/mol. The minimum Gasteiger partial charge on any atom is -0.378 e. The van der Waals surface area contributed by atoms with Crippen molar-refractivity contribution < 1.29 is 23.5 Å². The summed E-state index contributed by atoms with van der Waals surface area (Å²) in [4.78, 5) is 42.4. The highest BCUT2D eigenvalue weighted by Crippen LogP contribution is 2.54. The Hall–Kier alpha value is -2.54. The first kappa shape index (κ1) is 18.5. The summed E-state index contributed by atoms with van der Waals surface area (Å²) < 4.78 is 19.3. The molecule has 6 nitrogen and oxygen atoms in total. The molecule has 0 N–H and O–H groups in total. The summed E-state index contributed by atoms with van der Waals surface area (Å²) >= 11 is 0. The summed E-state index contributed by atoms with van der Waals surface area (Å²) in [6.45, 7) is 1.90. The van der Waals surface area contributed by atoms with E-state index < -0.39 is 11.9 Å². The molecule has 5 rings (SSSR count). The van der Waals surface area contributed by atoms with Gasteiger partial charge in [-0.25, -0.2) is 4.39 Å². The highest BCUT2D eigenvalue weighted by atomic mass is 19.1. The van der Waals surface area contributed by atoms with Gasteiger partial charge in [0.15, 0.2) is 0 Å². The Bertz CT molecular complexity index is 865. The van der Waals surface area contributed by atoms with Crippen LogP contribution in [0.15, 0.2) is 36.4 Å². The zero-order valence-corrected chi connectivity index (χ0v) is 16.0. The van der Waals surface area contributed by atoms with E-state index in [2.05, 4.69) is 0 Å². The van der Waals surface area contributed by atoms with Crippen LogP contribution in [0.4, 0.5) is 4.39 Å². The molecule has 2 aliphatic carbocycles. The molecule has 3 amide bonds. The van der Waals surface area contributed by atoms with Crippen molar-refractivity contribution in [1.82, 2.24) is 9.80 Å². The molecule has 0 spiro atoms. The van der Waals surface area contributed by atoms with Crippen LogP contribution in [0.1, 0.15) is 24.4 Å². The smallest absolute Gasteiger partial charge is 0.234 e. The van der Waals surface area contributed by atoms with Crippen molar-refractivity contribution in [3.05, 3.63) is 47.8 Å². The molecule has 4 aliphatic rings. The Morgan fingerprint density at radius 1 is 1.10 bits per heavy atom. The highest BCUT2D eigenvalue weighted by Gasteiger charge is 2.60. The summed E-state index contributed by atoms with van der Waals surface area (Å²) in [5, 5.41) is 0. The summed E-state index contributed by atoms with van der Waals surface area (Å²) in [5.74, 6) is -1.54. The predicted octanol–water partition coefficient (Wildman–Crippen LogP) is 1.92. The van der Waals surface area contributed by atoms with Gasteiger partial charge in [-0.15, -0.1) is 0 Å². The van der Waals surface area contributed by atoms with Gasteiger partial charge in [0.1, 0.15) is 5.82 Å². The maximum absolute atomic E-state index is 14.0. The molecule has 3 fully saturated rings. The molecule has 2 heterocycles. The SMILES string of the molecule is O=C(CC(c1cccc(F)c1)N1C(=O)C2C3C=CC(C3)C2C1=O)N1CCOCC1. The number of carbonyl (C=O) groups excluding carboxylic acids is 3. The molecule has 1 aromatic carbocycles. The summed E-state index contributed by atoms with van der Waals surface area (Å²) in [6, 6.07) is 5.08. The van der Waals surface area contributed by atoms with Crippen LogP contribution < -0.4 is 0 Å². The number of allylic oxidation sites excluding steroid dienone is 2. The maximum Gasteiger partial charge on any atom is 0.234 e. The quantitative estimate of drug-likeness (QED) is 0.574. The zero-order valence-electron chi connectivity index (χ0n) is 16.0. The number of imide groups is 1. The van der Waals surface area contributed by atoms with Gasteiger partial charge >= 0.3 is 0 Å². The Balaban J connectivity index is 1.46. The third-order valence-corrected chi connectivity index (χ3v) is 6.78. The van der Waals surface area contributed by atoms with Gasteiger partial charge in [0.25, 0.3) is 0 Å². The van der Waals surface area contributed by atoms with Gasteiger partial charge < -0.3 is 9.64 Å². The Kier molecular flexibility index (Phi) is 4.50. The number of benzene rings is 1. The van der Waals surface area contributed by atoms with E-state index in [1.165, 1.54) is 17.0 Å². The Morgan fingerprint density at radius 3 is 2.38 bits per heavy atom. The number of morpholine rings is 1. The summed E-state index contributed by atoms with van der Waals surface area (Å²) in [7, 11) is 0. The second-order valence-corrected chi connectivity index (χ2v) is 8.31. The number of nitrogens with zero attached hydrogens (tertiary/aromatic N) is 2. The van der Waals surface area contributed by atoms with Crippen LogP contribution in [0.2, 0.25) is 0 Å². The number of likely N-dealkylation sites (tertiary alicyclic amines) is 1. The van der Waals surface area contributed by atoms with Crippen LogP contribution in [0.3, 0.4) is 0 Å². The second-order valence-electron chi connectivity index (χ2n) is 8.31. The van der Waals surface area contributed by atoms with Crippen LogP contribution in [0, 0.1) is 29.5 Å². The first-order chi connectivity index (χ1) is 14.0. The minimum absolute atomic E-state index is 0.0386. The molecule has 2 bridgehead atoms. The van der Waals surface area contributed by atoms with Gasteiger partial charge in [-0.3, -0.25) is 19.3 Å². The van der Waals surface area contributed by atoms with E-state index in [-0.39, 0.29) is 47.8 Å². The third-order valence-electron chi connectivity index (χ3n) is 6.78. The topological polar surface area (TPSA) is 66.9 Å². The number of ether oxygens (including phenoxy) is 1. The number of carbonyl (C=O) groups is 3. The minimum atomic E-state index is -0.786. The number of fused-ring (bicyclic) bond motifs is 5. The molecule has 2 aliphatic heterocycles. The van der Waals surface area contributed by atoms with Crippen molar-refractivity contribution in [2.75, 3.05) is 26.3 Å². The molecule has 2 saturated heterocycles. The predicted molar refractivity (Wildman–Crippen MR) is 101 cm³/mol. The second kappa shape index (κ2) is 7.06. The van der Waals surface area contributed by atoms with Crippen molar-refractivity contribution in [3.8, 4) is 0 Å². The van der Waals surface area contributed by atoms with E-state index in [4.69, 9.17) is 4.74 Å². The van der Waals surface area contributed by atoms with Crippen LogP contribution in [0.5, 0.6) is 0 Å². The van der Waals surface area contributed by atoms with Crippen molar-refractivity contribution in [1.29, 1.82) is 0 Å². The van der Waals surface area contributed by atoms with Crippen LogP contribution >= 0.6 is 0 Å². The molecule has 0 aromatic heterocycles. The number of rotatable bonds is 4. The standard InChI is InChI=1S/C22H23FN2O4/c23-16-3-1-2-13(11-16)17(12-18(26)24-6-8-29-9-7-24)25-21(27)19-14-4-5-15(10-14)20(19)22(25)28/h1-5,11,14-15,17,19-20H,6-10,12H2. The van der Waals surface area contributed by atoms with E-state index in [1.807, 2.05) is 12.2 Å². The lowest BCUT2D eigenvalue weighted by Gasteiger charge is -2.32. The van der Waals surface area contributed by atoms with Crippen molar-refractivity contribution in [3.63, 3.8) is 0 Å². The molecule has 5 atom stereocenters. The molecular formula is C22H23FN2O4. The number of hydrogen-bond acceptors (Lipinski definition) is 4. The van der Waals surface area contributed by atoms with Gasteiger partial charge in [0.2, 0.25) is 17.7 Å². The Morgan fingerprint density at radius 2 is 1.76 bits per heavy atom. The van der Waals surface area contributed by atoms with Gasteiger partial charge in [0, 0.05) is 13.1 Å². The van der Waals surface area contributed by atoms with Gasteiger partial charge in [-0.1, -0.05) is 24.3 Å². The molecule has 152 valence electrons. The van der Waals surface area contributed by atoms with Gasteiger partial charge in [0.05, 0.1) is 37.5 Å². The lowest BCUT2D eigenvalue weighted by molar-refractivity contribution is -0.146.